The van der Waals surface area contributed by atoms with Gasteiger partial charge in [-0.3, -0.25) is 0 Å². The molecular weight excluding hydrogens is 244 g/mol. The average molecular weight is 274 g/mol. The summed E-state index contributed by atoms with van der Waals surface area (Å²) in [7, 11) is 0. The highest BCUT2D eigenvalue weighted by Crippen LogP contribution is 2.35. The Bertz CT molecular complexity index is 449. The van der Waals surface area contributed by atoms with E-state index in [2.05, 4.69) is 57.0 Å². The van der Waals surface area contributed by atoms with Crippen molar-refractivity contribution in [3.8, 4) is 0 Å². The van der Waals surface area contributed by atoms with Crippen molar-refractivity contribution in [2.45, 2.75) is 59.9 Å². The summed E-state index contributed by atoms with van der Waals surface area (Å²) in [6.07, 6.45) is 3.76. The molecule has 0 spiro atoms. The third kappa shape index (κ3) is 2.94. The molecule has 112 valence electrons. The first-order valence-electron chi connectivity index (χ1n) is 8.22. The van der Waals surface area contributed by atoms with E-state index in [0.29, 0.717) is 6.04 Å². The van der Waals surface area contributed by atoms with Gasteiger partial charge < -0.3 is 10.2 Å². The molecule has 0 radical (unpaired) electrons. The van der Waals surface area contributed by atoms with Crippen LogP contribution in [0.5, 0.6) is 0 Å². The summed E-state index contributed by atoms with van der Waals surface area (Å²) in [5, 5.41) is 3.63. The van der Waals surface area contributed by atoms with Crippen LogP contribution >= 0.6 is 0 Å². The van der Waals surface area contributed by atoms with Gasteiger partial charge in [-0.1, -0.05) is 33.6 Å². The third-order valence-electron chi connectivity index (χ3n) is 4.97. The number of nitrogens with zero attached hydrogens (tertiary/aromatic N) is 1. The first kappa shape index (κ1) is 15.2. The van der Waals surface area contributed by atoms with Crippen LogP contribution in [0.4, 0.5) is 11.4 Å². The molecule has 1 heterocycles. The van der Waals surface area contributed by atoms with E-state index in [1.807, 2.05) is 0 Å². The van der Waals surface area contributed by atoms with E-state index < -0.39 is 0 Å². The van der Waals surface area contributed by atoms with Crippen LogP contribution in [0.1, 0.15) is 51.2 Å². The molecule has 1 atom stereocenters. The number of rotatable bonds is 5. The molecule has 20 heavy (non-hydrogen) atoms. The lowest BCUT2D eigenvalue weighted by molar-refractivity contribution is 0.449. The molecule has 0 aliphatic carbocycles. The van der Waals surface area contributed by atoms with Gasteiger partial charge in [-0.05, 0) is 49.4 Å². The molecule has 1 aliphatic heterocycles. The molecule has 0 saturated carbocycles. The second-order valence-corrected chi connectivity index (χ2v) is 6.23. The topological polar surface area (TPSA) is 15.3 Å². The zero-order chi connectivity index (χ0) is 14.7. The van der Waals surface area contributed by atoms with Crippen molar-refractivity contribution in [3.05, 3.63) is 23.3 Å². The van der Waals surface area contributed by atoms with Gasteiger partial charge in [0.25, 0.3) is 0 Å². The number of aryl methyl sites for hydroxylation is 2. The first-order chi connectivity index (χ1) is 9.60. The fraction of sp³-hybridized carbons (Fsp3) is 0.667. The maximum atomic E-state index is 3.63. The Morgan fingerprint density at radius 2 is 1.80 bits per heavy atom. The molecule has 0 amide bonds. The Morgan fingerprint density at radius 3 is 2.40 bits per heavy atom. The van der Waals surface area contributed by atoms with Crippen molar-refractivity contribution in [1.29, 1.82) is 0 Å². The highest BCUT2D eigenvalue weighted by Gasteiger charge is 2.26. The zero-order valence-electron chi connectivity index (χ0n) is 13.8. The first-order valence-corrected chi connectivity index (χ1v) is 8.22. The Labute approximate surface area is 124 Å². The maximum absolute atomic E-state index is 3.63. The number of fused-ring (bicyclic) bond motifs is 1. The number of nitrogens with one attached hydrogen (secondary N) is 1. The fourth-order valence-corrected chi connectivity index (χ4v) is 3.15. The Kier molecular flexibility index (Phi) is 4.95. The third-order valence-corrected chi connectivity index (χ3v) is 4.97. The van der Waals surface area contributed by atoms with Crippen molar-refractivity contribution in [2.75, 3.05) is 23.3 Å². The molecule has 0 saturated heterocycles. The molecule has 0 fully saturated rings. The number of hydrogen-bond donors (Lipinski definition) is 1. The Morgan fingerprint density at radius 1 is 1.15 bits per heavy atom. The predicted octanol–water partition coefficient (Wildman–Crippen LogP) is 4.75. The minimum absolute atomic E-state index is 0.630. The molecular formula is C18H30N2. The van der Waals surface area contributed by atoms with Gasteiger partial charge in [-0.2, -0.15) is 0 Å². The lowest BCUT2D eigenvalue weighted by atomic mass is 9.97. The highest BCUT2D eigenvalue weighted by molar-refractivity contribution is 5.74. The SMILES string of the molecule is CCC(CC)CN1c2cc(C)c(C)cc2NCC1CC. The zero-order valence-corrected chi connectivity index (χ0v) is 13.8. The van der Waals surface area contributed by atoms with E-state index in [0.717, 1.165) is 12.5 Å². The van der Waals surface area contributed by atoms with Gasteiger partial charge in [0, 0.05) is 19.1 Å². The van der Waals surface area contributed by atoms with Gasteiger partial charge >= 0.3 is 0 Å². The number of hydrogen-bond acceptors (Lipinski definition) is 2. The van der Waals surface area contributed by atoms with Gasteiger partial charge in [-0.25, -0.2) is 0 Å². The van der Waals surface area contributed by atoms with Crippen molar-refractivity contribution in [2.24, 2.45) is 5.92 Å². The van der Waals surface area contributed by atoms with Crippen LogP contribution in [0.15, 0.2) is 12.1 Å². The largest absolute Gasteiger partial charge is 0.381 e. The normalized spacial score (nSPS) is 18.1. The minimum Gasteiger partial charge on any atom is -0.381 e. The van der Waals surface area contributed by atoms with E-state index in [9.17, 15) is 0 Å². The molecule has 2 rings (SSSR count). The minimum atomic E-state index is 0.630. The Balaban J connectivity index is 2.34. The average Bonchev–Trinajstić information content (AvgIpc) is 2.46. The smallest absolute Gasteiger partial charge is 0.0608 e. The lowest BCUT2D eigenvalue weighted by Crippen LogP contribution is -2.46. The predicted molar refractivity (Wildman–Crippen MR) is 89.9 cm³/mol. The molecule has 1 unspecified atom stereocenters. The quantitative estimate of drug-likeness (QED) is 0.833. The molecule has 1 aromatic rings. The standard InChI is InChI=1S/C18H30N2/c1-6-15(7-2)12-20-16(8-3)11-19-17-9-13(4)14(5)10-18(17)20/h9-10,15-16,19H,6-8,11-12H2,1-5H3. The molecule has 1 N–H and O–H groups in total. The monoisotopic (exact) mass is 274 g/mol. The van der Waals surface area contributed by atoms with Crippen molar-refractivity contribution in [1.82, 2.24) is 0 Å². The summed E-state index contributed by atoms with van der Waals surface area (Å²) in [6, 6.07) is 5.32. The highest BCUT2D eigenvalue weighted by atomic mass is 15.2. The van der Waals surface area contributed by atoms with E-state index >= 15 is 0 Å². The number of anilines is 2. The van der Waals surface area contributed by atoms with Gasteiger partial charge in [-0.15, -0.1) is 0 Å². The summed E-state index contributed by atoms with van der Waals surface area (Å²) in [5.74, 6) is 0.802. The second kappa shape index (κ2) is 6.51. The molecule has 1 aromatic carbocycles. The van der Waals surface area contributed by atoms with Crippen molar-refractivity contribution < 1.29 is 0 Å². The summed E-state index contributed by atoms with van der Waals surface area (Å²) in [4.78, 5) is 2.66. The van der Waals surface area contributed by atoms with Crippen LogP contribution in [0.25, 0.3) is 0 Å². The van der Waals surface area contributed by atoms with Crippen molar-refractivity contribution in [3.63, 3.8) is 0 Å². The molecule has 0 bridgehead atoms. The maximum Gasteiger partial charge on any atom is 0.0608 e. The molecule has 2 heteroatoms. The van der Waals surface area contributed by atoms with Gasteiger partial charge in [0.2, 0.25) is 0 Å². The number of benzene rings is 1. The van der Waals surface area contributed by atoms with Crippen LogP contribution in [-0.4, -0.2) is 19.1 Å². The molecule has 0 aromatic heterocycles. The summed E-state index contributed by atoms with van der Waals surface area (Å²) >= 11 is 0. The summed E-state index contributed by atoms with van der Waals surface area (Å²) in [5.41, 5.74) is 5.52. The Hall–Kier alpha value is -1.18. The van der Waals surface area contributed by atoms with Gasteiger partial charge in [0.1, 0.15) is 0 Å². The van der Waals surface area contributed by atoms with Gasteiger partial charge in [0.05, 0.1) is 11.4 Å². The lowest BCUT2D eigenvalue weighted by Gasteiger charge is -2.41. The molecule has 2 nitrogen and oxygen atoms in total. The summed E-state index contributed by atoms with van der Waals surface area (Å²) < 4.78 is 0. The van der Waals surface area contributed by atoms with E-state index in [-0.39, 0.29) is 0 Å². The van der Waals surface area contributed by atoms with Crippen LogP contribution in [0.2, 0.25) is 0 Å². The van der Waals surface area contributed by atoms with Crippen LogP contribution in [0, 0.1) is 19.8 Å². The van der Waals surface area contributed by atoms with Crippen LogP contribution < -0.4 is 10.2 Å². The van der Waals surface area contributed by atoms with Crippen molar-refractivity contribution >= 4 is 11.4 Å². The van der Waals surface area contributed by atoms with Gasteiger partial charge in [0.15, 0.2) is 0 Å². The second-order valence-electron chi connectivity index (χ2n) is 6.23. The van der Waals surface area contributed by atoms with Crippen LogP contribution in [-0.2, 0) is 0 Å². The van der Waals surface area contributed by atoms with Crippen LogP contribution in [0.3, 0.4) is 0 Å². The summed E-state index contributed by atoms with van der Waals surface area (Å²) in [6.45, 7) is 13.6. The fourth-order valence-electron chi connectivity index (χ4n) is 3.15. The van der Waals surface area contributed by atoms with E-state index in [1.54, 1.807) is 0 Å². The van der Waals surface area contributed by atoms with E-state index in [4.69, 9.17) is 0 Å². The molecule has 1 aliphatic rings. The van der Waals surface area contributed by atoms with E-state index in [1.165, 1.54) is 48.3 Å².